The van der Waals surface area contributed by atoms with Crippen LogP contribution in [0.3, 0.4) is 0 Å². The van der Waals surface area contributed by atoms with Gasteiger partial charge in [0.1, 0.15) is 12.6 Å². The van der Waals surface area contributed by atoms with E-state index in [0.29, 0.717) is 48.7 Å². The highest BCUT2D eigenvalue weighted by atomic mass is 16.5. The Balaban J connectivity index is 1.07. The van der Waals surface area contributed by atoms with Gasteiger partial charge in [0.15, 0.2) is 11.5 Å². The molecule has 0 aliphatic carbocycles. The SMILES string of the molecule is COc1ccc(C(=O)O)cc1OCc1ccc(C(=O)NCCCCNc2cccc3c2C(=O)N(C2CCC(=O)NC2=O)C3=O)cc1. The predicted octanol–water partition coefficient (Wildman–Crippen LogP) is 3.00. The number of ether oxygens (including phenoxy) is 2. The minimum absolute atomic E-state index is 0.0503. The van der Waals surface area contributed by atoms with Crippen LogP contribution >= 0.6 is 0 Å². The van der Waals surface area contributed by atoms with Gasteiger partial charge in [-0.15, -0.1) is 0 Å². The number of amides is 5. The van der Waals surface area contributed by atoms with Crippen LogP contribution in [0.2, 0.25) is 0 Å². The van der Waals surface area contributed by atoms with Gasteiger partial charge < -0.3 is 25.2 Å². The van der Waals surface area contributed by atoms with Crippen molar-refractivity contribution in [3.63, 3.8) is 0 Å². The minimum atomic E-state index is -1.08. The minimum Gasteiger partial charge on any atom is -0.493 e. The van der Waals surface area contributed by atoms with Crippen LogP contribution in [0.15, 0.2) is 60.7 Å². The van der Waals surface area contributed by atoms with E-state index in [1.54, 1.807) is 42.5 Å². The Morgan fingerprint density at radius 1 is 0.935 bits per heavy atom. The highest BCUT2D eigenvalue weighted by molar-refractivity contribution is 6.25. The molecular weight excluding hydrogens is 596 g/mol. The lowest BCUT2D eigenvalue weighted by Crippen LogP contribution is -2.54. The number of anilines is 1. The molecule has 1 atom stereocenters. The van der Waals surface area contributed by atoms with Crippen LogP contribution in [-0.2, 0) is 16.2 Å². The first kappa shape index (κ1) is 31.7. The summed E-state index contributed by atoms with van der Waals surface area (Å²) < 4.78 is 11.0. The van der Waals surface area contributed by atoms with Crippen molar-refractivity contribution in [3.05, 3.63) is 88.5 Å². The number of rotatable bonds is 13. The number of imide groups is 2. The number of benzene rings is 3. The number of nitrogens with one attached hydrogen (secondary N) is 3. The number of hydrogen-bond donors (Lipinski definition) is 4. The molecule has 238 valence electrons. The van der Waals surface area contributed by atoms with E-state index >= 15 is 0 Å². The van der Waals surface area contributed by atoms with E-state index in [0.717, 1.165) is 10.5 Å². The summed E-state index contributed by atoms with van der Waals surface area (Å²) in [6, 6.07) is 15.1. The molecule has 13 heteroatoms. The van der Waals surface area contributed by atoms with Gasteiger partial charge in [-0.1, -0.05) is 18.2 Å². The molecule has 0 saturated carbocycles. The lowest BCUT2D eigenvalue weighted by atomic mass is 10.0. The second kappa shape index (κ2) is 13.9. The molecule has 4 N–H and O–H groups in total. The molecule has 1 unspecified atom stereocenters. The number of carboxylic acids is 1. The summed E-state index contributed by atoms with van der Waals surface area (Å²) in [5, 5.41) is 17.5. The molecular formula is C33H32N4O9. The summed E-state index contributed by atoms with van der Waals surface area (Å²) in [6.07, 6.45) is 1.44. The van der Waals surface area contributed by atoms with Gasteiger partial charge in [0.25, 0.3) is 17.7 Å². The van der Waals surface area contributed by atoms with Crippen molar-refractivity contribution in [1.29, 1.82) is 0 Å². The van der Waals surface area contributed by atoms with E-state index in [9.17, 15) is 33.9 Å². The van der Waals surface area contributed by atoms with Gasteiger partial charge in [-0.2, -0.15) is 0 Å². The molecule has 2 aliphatic heterocycles. The van der Waals surface area contributed by atoms with Crippen molar-refractivity contribution in [3.8, 4) is 11.5 Å². The molecule has 2 aliphatic rings. The number of carbonyl (C=O) groups excluding carboxylic acids is 5. The Bertz CT molecular complexity index is 1700. The first-order chi connectivity index (χ1) is 22.2. The maximum absolute atomic E-state index is 13.2. The second-order valence-corrected chi connectivity index (χ2v) is 10.7. The van der Waals surface area contributed by atoms with Crippen LogP contribution in [0, 0.1) is 0 Å². The first-order valence-corrected chi connectivity index (χ1v) is 14.7. The van der Waals surface area contributed by atoms with Crippen LogP contribution in [-0.4, -0.2) is 71.8 Å². The van der Waals surface area contributed by atoms with Crippen molar-refractivity contribution in [2.75, 3.05) is 25.5 Å². The van der Waals surface area contributed by atoms with Crippen LogP contribution < -0.4 is 25.4 Å². The number of unbranched alkanes of at least 4 members (excludes halogenated alkanes) is 1. The molecule has 1 saturated heterocycles. The largest absolute Gasteiger partial charge is 0.493 e. The number of nitrogens with zero attached hydrogens (tertiary/aromatic N) is 1. The summed E-state index contributed by atoms with van der Waals surface area (Å²) in [7, 11) is 1.46. The fourth-order valence-corrected chi connectivity index (χ4v) is 5.28. The third-order valence-electron chi connectivity index (χ3n) is 7.69. The van der Waals surface area contributed by atoms with Crippen molar-refractivity contribution in [2.24, 2.45) is 0 Å². The molecule has 3 aromatic rings. The summed E-state index contributed by atoms with van der Waals surface area (Å²) in [6.45, 7) is 1.04. The maximum atomic E-state index is 13.2. The Hall–Kier alpha value is -5.72. The number of carboxylic acid groups (broad SMARTS) is 1. The van der Waals surface area contributed by atoms with Gasteiger partial charge in [0.2, 0.25) is 11.8 Å². The second-order valence-electron chi connectivity index (χ2n) is 10.7. The lowest BCUT2D eigenvalue weighted by Gasteiger charge is -2.27. The standard InChI is InChI=1S/C33H32N4O9/c1-45-25-13-11-21(33(43)44)17-26(25)46-18-19-7-9-20(10-8-19)29(39)35-16-3-2-15-34-23-6-4-5-22-28(23)32(42)37(31(22)41)24-12-14-27(38)36-30(24)40/h4-11,13,17,24,34H,2-3,12,14-16,18H2,1H3,(H,35,39)(H,43,44)(H,36,38,40). The molecule has 0 bridgehead atoms. The zero-order chi connectivity index (χ0) is 32.8. The zero-order valence-electron chi connectivity index (χ0n) is 25.0. The third-order valence-corrected chi connectivity index (χ3v) is 7.69. The number of carbonyl (C=O) groups is 6. The monoisotopic (exact) mass is 628 g/mol. The lowest BCUT2D eigenvalue weighted by molar-refractivity contribution is -0.136. The maximum Gasteiger partial charge on any atom is 0.335 e. The Morgan fingerprint density at radius 2 is 1.67 bits per heavy atom. The van der Waals surface area contributed by atoms with Gasteiger partial charge in [-0.3, -0.25) is 34.2 Å². The topological polar surface area (TPSA) is 180 Å². The molecule has 5 rings (SSSR count). The molecule has 1 fully saturated rings. The fraction of sp³-hybridized carbons (Fsp3) is 0.273. The first-order valence-electron chi connectivity index (χ1n) is 14.7. The normalized spacial score (nSPS) is 15.7. The molecule has 0 spiro atoms. The van der Waals surface area contributed by atoms with Crippen LogP contribution in [0.5, 0.6) is 11.5 Å². The van der Waals surface area contributed by atoms with Gasteiger partial charge in [0.05, 0.1) is 23.8 Å². The molecule has 13 nitrogen and oxygen atoms in total. The molecule has 0 aromatic heterocycles. The fourth-order valence-electron chi connectivity index (χ4n) is 5.28. The molecule has 2 heterocycles. The molecule has 0 radical (unpaired) electrons. The smallest absolute Gasteiger partial charge is 0.335 e. The predicted molar refractivity (Wildman–Crippen MR) is 164 cm³/mol. The number of methoxy groups -OCH3 is 1. The average molecular weight is 629 g/mol. The van der Waals surface area contributed by atoms with Crippen LogP contribution in [0.1, 0.15) is 72.7 Å². The van der Waals surface area contributed by atoms with Gasteiger partial charge >= 0.3 is 5.97 Å². The number of fused-ring (bicyclic) bond motifs is 1. The summed E-state index contributed by atoms with van der Waals surface area (Å²) in [5.74, 6) is -2.84. The number of hydrogen-bond acceptors (Lipinski definition) is 9. The van der Waals surface area contributed by atoms with Crippen molar-refractivity contribution in [1.82, 2.24) is 15.5 Å². The third kappa shape index (κ3) is 6.83. The van der Waals surface area contributed by atoms with E-state index in [1.807, 2.05) is 0 Å². The van der Waals surface area contributed by atoms with E-state index in [1.165, 1.54) is 25.3 Å². The van der Waals surface area contributed by atoms with E-state index in [4.69, 9.17) is 9.47 Å². The summed E-state index contributed by atoms with van der Waals surface area (Å²) >= 11 is 0. The zero-order valence-corrected chi connectivity index (χ0v) is 25.0. The number of aromatic carboxylic acids is 1. The van der Waals surface area contributed by atoms with E-state index in [2.05, 4.69) is 16.0 Å². The van der Waals surface area contributed by atoms with Crippen molar-refractivity contribution < 1.29 is 43.3 Å². The van der Waals surface area contributed by atoms with E-state index < -0.39 is 35.6 Å². The molecule has 46 heavy (non-hydrogen) atoms. The van der Waals surface area contributed by atoms with E-state index in [-0.39, 0.29) is 42.0 Å². The van der Waals surface area contributed by atoms with Crippen LogP contribution in [0.25, 0.3) is 0 Å². The Morgan fingerprint density at radius 3 is 2.39 bits per heavy atom. The van der Waals surface area contributed by atoms with Gasteiger partial charge in [0, 0.05) is 30.8 Å². The van der Waals surface area contributed by atoms with Crippen LogP contribution in [0.4, 0.5) is 5.69 Å². The average Bonchev–Trinajstić information content (AvgIpc) is 3.31. The molecule has 3 aromatic carbocycles. The highest BCUT2D eigenvalue weighted by Gasteiger charge is 2.45. The summed E-state index contributed by atoms with van der Waals surface area (Å²) in [4.78, 5) is 74.8. The van der Waals surface area contributed by atoms with Gasteiger partial charge in [-0.05, 0) is 67.3 Å². The van der Waals surface area contributed by atoms with Crippen molar-refractivity contribution in [2.45, 2.75) is 38.3 Å². The quantitative estimate of drug-likeness (QED) is 0.162. The number of piperidine rings is 1. The Kier molecular flexibility index (Phi) is 9.60. The summed E-state index contributed by atoms with van der Waals surface area (Å²) in [5.41, 5.74) is 2.21. The highest BCUT2D eigenvalue weighted by Crippen LogP contribution is 2.32. The Labute approximate surface area is 263 Å². The van der Waals surface area contributed by atoms with Crippen molar-refractivity contribution >= 4 is 41.2 Å². The van der Waals surface area contributed by atoms with Gasteiger partial charge in [-0.25, -0.2) is 4.79 Å². The molecule has 5 amide bonds.